The van der Waals surface area contributed by atoms with Gasteiger partial charge in [0.15, 0.2) is 11.7 Å². The van der Waals surface area contributed by atoms with Gasteiger partial charge < -0.3 is 20.9 Å². The van der Waals surface area contributed by atoms with Crippen molar-refractivity contribution in [1.82, 2.24) is 0 Å². The summed E-state index contributed by atoms with van der Waals surface area (Å²) in [6.45, 7) is 1.11. The van der Waals surface area contributed by atoms with E-state index in [4.69, 9.17) is 20.9 Å². The number of guanidine groups is 1. The summed E-state index contributed by atoms with van der Waals surface area (Å²) in [6.07, 6.45) is 6.97. The quantitative estimate of drug-likeness (QED) is 0.538. The predicted molar refractivity (Wildman–Crippen MR) is 61.9 cm³/mol. The lowest BCUT2D eigenvalue weighted by atomic mass is 10.1. The molecule has 92 valence electrons. The maximum atomic E-state index is 5.98. The van der Waals surface area contributed by atoms with Crippen molar-refractivity contribution in [1.29, 1.82) is 0 Å². The molecule has 0 bridgehead atoms. The Morgan fingerprint density at radius 1 is 1.19 bits per heavy atom. The van der Waals surface area contributed by atoms with E-state index in [1.807, 2.05) is 0 Å². The van der Waals surface area contributed by atoms with Crippen molar-refractivity contribution < 1.29 is 9.47 Å². The molecule has 1 saturated heterocycles. The zero-order valence-electron chi connectivity index (χ0n) is 9.65. The highest BCUT2D eigenvalue weighted by atomic mass is 16.7. The van der Waals surface area contributed by atoms with Crippen LogP contribution in [0.3, 0.4) is 0 Å². The molecule has 1 atom stereocenters. The fourth-order valence-electron chi connectivity index (χ4n) is 2.44. The Morgan fingerprint density at radius 2 is 1.88 bits per heavy atom. The van der Waals surface area contributed by atoms with Gasteiger partial charge in [-0.15, -0.1) is 0 Å². The van der Waals surface area contributed by atoms with Crippen LogP contribution < -0.4 is 11.5 Å². The molecule has 2 rings (SSSR count). The second-order valence-electron chi connectivity index (χ2n) is 4.64. The molecule has 0 aromatic heterocycles. The molecule has 1 saturated carbocycles. The molecule has 16 heavy (non-hydrogen) atoms. The molecule has 5 heteroatoms. The molecule has 1 aliphatic carbocycles. The first-order chi connectivity index (χ1) is 7.70. The molecule has 0 radical (unpaired) electrons. The van der Waals surface area contributed by atoms with E-state index in [9.17, 15) is 0 Å². The highest BCUT2D eigenvalue weighted by Crippen LogP contribution is 2.36. The van der Waals surface area contributed by atoms with Crippen LogP contribution in [0.25, 0.3) is 0 Å². The Kier molecular flexibility index (Phi) is 3.66. The monoisotopic (exact) mass is 227 g/mol. The average Bonchev–Trinajstić information content (AvgIpc) is 2.49. The molecule has 4 N–H and O–H groups in total. The highest BCUT2D eigenvalue weighted by Gasteiger charge is 2.41. The van der Waals surface area contributed by atoms with Crippen molar-refractivity contribution in [2.24, 2.45) is 16.5 Å². The molecule has 2 aliphatic rings. The maximum Gasteiger partial charge on any atom is 0.186 e. The standard InChI is InChI=1S/C11H21N3O2/c12-10(13)14-7-9-8-15-11(16-9)5-3-1-2-4-6-11/h9H,1-8H2,(H4,12,13,14)/t9-/m0/s1. The van der Waals surface area contributed by atoms with Gasteiger partial charge in [0.05, 0.1) is 13.2 Å². The second-order valence-corrected chi connectivity index (χ2v) is 4.64. The van der Waals surface area contributed by atoms with E-state index in [1.165, 1.54) is 25.7 Å². The van der Waals surface area contributed by atoms with Crippen LogP contribution in [0.1, 0.15) is 38.5 Å². The van der Waals surface area contributed by atoms with Crippen LogP contribution in [0, 0.1) is 0 Å². The molecule has 1 heterocycles. The van der Waals surface area contributed by atoms with E-state index >= 15 is 0 Å². The normalized spacial score (nSPS) is 28.9. The van der Waals surface area contributed by atoms with Crippen molar-refractivity contribution in [3.63, 3.8) is 0 Å². The summed E-state index contributed by atoms with van der Waals surface area (Å²) >= 11 is 0. The minimum atomic E-state index is -0.333. The molecular weight excluding hydrogens is 206 g/mol. The Morgan fingerprint density at radius 3 is 2.50 bits per heavy atom. The Bertz CT molecular complexity index is 256. The Labute approximate surface area is 96.2 Å². The average molecular weight is 227 g/mol. The van der Waals surface area contributed by atoms with Crippen LogP contribution >= 0.6 is 0 Å². The van der Waals surface area contributed by atoms with E-state index < -0.39 is 0 Å². The number of aliphatic imine (C=N–C) groups is 1. The van der Waals surface area contributed by atoms with Gasteiger partial charge in [-0.05, 0) is 12.8 Å². The summed E-state index contributed by atoms with van der Waals surface area (Å²) in [7, 11) is 0. The third kappa shape index (κ3) is 2.86. The molecule has 0 amide bonds. The smallest absolute Gasteiger partial charge is 0.186 e. The lowest BCUT2D eigenvalue weighted by molar-refractivity contribution is -0.174. The van der Waals surface area contributed by atoms with Gasteiger partial charge in [-0.3, -0.25) is 4.99 Å². The molecule has 0 aromatic carbocycles. The molecule has 0 aromatic rings. The van der Waals surface area contributed by atoms with Gasteiger partial charge in [0.25, 0.3) is 0 Å². The molecule has 1 spiro atoms. The Hall–Kier alpha value is -0.810. The van der Waals surface area contributed by atoms with Crippen LogP contribution in [0.5, 0.6) is 0 Å². The fraction of sp³-hybridized carbons (Fsp3) is 0.909. The van der Waals surface area contributed by atoms with Crippen LogP contribution in [-0.4, -0.2) is 31.0 Å². The van der Waals surface area contributed by atoms with Gasteiger partial charge in [0.2, 0.25) is 0 Å². The number of hydrogen-bond acceptors (Lipinski definition) is 3. The molecule has 1 aliphatic heterocycles. The van der Waals surface area contributed by atoms with E-state index in [-0.39, 0.29) is 17.9 Å². The van der Waals surface area contributed by atoms with E-state index in [0.717, 1.165) is 12.8 Å². The maximum absolute atomic E-state index is 5.98. The fourth-order valence-corrected chi connectivity index (χ4v) is 2.44. The molecular formula is C11H21N3O2. The first-order valence-electron chi connectivity index (χ1n) is 6.07. The largest absolute Gasteiger partial charge is 0.370 e. The van der Waals surface area contributed by atoms with E-state index in [0.29, 0.717) is 13.2 Å². The summed E-state index contributed by atoms with van der Waals surface area (Å²) in [5.74, 6) is -0.217. The predicted octanol–water partition coefficient (Wildman–Crippen LogP) is 0.726. The Balaban J connectivity index is 1.87. The third-order valence-electron chi connectivity index (χ3n) is 3.26. The first kappa shape index (κ1) is 11.7. The van der Waals surface area contributed by atoms with Gasteiger partial charge in [0.1, 0.15) is 6.10 Å². The van der Waals surface area contributed by atoms with Crippen molar-refractivity contribution in [3.05, 3.63) is 0 Å². The van der Waals surface area contributed by atoms with Crippen molar-refractivity contribution in [3.8, 4) is 0 Å². The number of nitrogens with two attached hydrogens (primary N) is 2. The number of nitrogens with zero attached hydrogens (tertiary/aromatic N) is 1. The summed E-state index contributed by atoms with van der Waals surface area (Å²) in [5.41, 5.74) is 10.6. The molecule has 2 fully saturated rings. The zero-order chi connectivity index (χ0) is 11.4. The zero-order valence-corrected chi connectivity index (χ0v) is 9.65. The van der Waals surface area contributed by atoms with Gasteiger partial charge in [-0.25, -0.2) is 0 Å². The third-order valence-corrected chi connectivity index (χ3v) is 3.26. The molecule has 0 unspecified atom stereocenters. The molecule has 5 nitrogen and oxygen atoms in total. The number of ether oxygens (including phenoxy) is 2. The lowest BCUT2D eigenvalue weighted by Crippen LogP contribution is -2.31. The van der Waals surface area contributed by atoms with Gasteiger partial charge in [0, 0.05) is 12.8 Å². The van der Waals surface area contributed by atoms with Crippen LogP contribution in [-0.2, 0) is 9.47 Å². The minimum Gasteiger partial charge on any atom is -0.370 e. The SMILES string of the molecule is NC(N)=NC[C@H]1COC2(CCCCCC2)O1. The highest BCUT2D eigenvalue weighted by molar-refractivity contribution is 5.75. The minimum absolute atomic E-state index is 0.0141. The van der Waals surface area contributed by atoms with E-state index in [1.54, 1.807) is 0 Å². The van der Waals surface area contributed by atoms with Crippen LogP contribution in [0.4, 0.5) is 0 Å². The first-order valence-corrected chi connectivity index (χ1v) is 6.07. The van der Waals surface area contributed by atoms with Gasteiger partial charge in [-0.1, -0.05) is 12.8 Å². The van der Waals surface area contributed by atoms with Crippen LogP contribution in [0.2, 0.25) is 0 Å². The summed E-state index contributed by atoms with van der Waals surface area (Å²) in [4.78, 5) is 3.98. The summed E-state index contributed by atoms with van der Waals surface area (Å²) < 4.78 is 11.8. The number of hydrogen-bond donors (Lipinski definition) is 2. The summed E-state index contributed by atoms with van der Waals surface area (Å²) in [5, 5.41) is 0. The van der Waals surface area contributed by atoms with Crippen molar-refractivity contribution >= 4 is 5.96 Å². The van der Waals surface area contributed by atoms with Crippen molar-refractivity contribution in [2.45, 2.75) is 50.4 Å². The van der Waals surface area contributed by atoms with Crippen LogP contribution in [0.15, 0.2) is 4.99 Å². The van der Waals surface area contributed by atoms with E-state index in [2.05, 4.69) is 4.99 Å². The van der Waals surface area contributed by atoms with Gasteiger partial charge >= 0.3 is 0 Å². The van der Waals surface area contributed by atoms with Crippen molar-refractivity contribution in [2.75, 3.05) is 13.2 Å². The summed E-state index contributed by atoms with van der Waals surface area (Å²) in [6, 6.07) is 0. The number of rotatable bonds is 2. The second kappa shape index (κ2) is 5.01. The lowest BCUT2D eigenvalue weighted by Gasteiger charge is -2.26. The topological polar surface area (TPSA) is 82.9 Å². The van der Waals surface area contributed by atoms with Gasteiger partial charge in [-0.2, -0.15) is 0 Å².